The molecule has 0 atom stereocenters. The number of amides is 1. The number of nitrogens with one attached hydrogen (secondary N) is 1. The van der Waals surface area contributed by atoms with Gasteiger partial charge in [0.2, 0.25) is 0 Å². The minimum atomic E-state index is -0.601. The lowest BCUT2D eigenvalue weighted by Gasteiger charge is -2.23. The van der Waals surface area contributed by atoms with Gasteiger partial charge >= 0.3 is 0 Å². The first kappa shape index (κ1) is 17.9. The molecule has 5 rings (SSSR count). The number of carbonyl (C=O) groups excluding carboxylic acids is 2. The second-order valence-corrected chi connectivity index (χ2v) is 7.91. The first-order valence-electron chi connectivity index (χ1n) is 10.3. The van der Waals surface area contributed by atoms with Crippen molar-refractivity contribution < 1.29 is 9.59 Å². The molecule has 2 aliphatic rings. The lowest BCUT2D eigenvalue weighted by atomic mass is 9.95. The molecule has 0 aliphatic heterocycles. The summed E-state index contributed by atoms with van der Waals surface area (Å²) >= 11 is 0. The van der Waals surface area contributed by atoms with Crippen LogP contribution in [0.15, 0.2) is 54.9 Å². The second-order valence-electron chi connectivity index (χ2n) is 7.91. The van der Waals surface area contributed by atoms with Crippen LogP contribution in [0.5, 0.6) is 0 Å². The minimum absolute atomic E-state index is 0.460. The molecule has 1 saturated carbocycles. The third-order valence-corrected chi connectivity index (χ3v) is 6.09. The molecule has 5 heteroatoms. The van der Waals surface area contributed by atoms with Crippen LogP contribution in [0.2, 0.25) is 0 Å². The van der Waals surface area contributed by atoms with E-state index in [0.717, 1.165) is 35.0 Å². The largest absolute Gasteiger partial charge is 0.327 e. The van der Waals surface area contributed by atoms with E-state index in [1.165, 1.54) is 19.3 Å². The molecule has 0 spiro atoms. The zero-order chi connectivity index (χ0) is 19.8. The predicted molar refractivity (Wildman–Crippen MR) is 114 cm³/mol. The van der Waals surface area contributed by atoms with Crippen LogP contribution in [0.4, 0.5) is 5.69 Å². The van der Waals surface area contributed by atoms with Gasteiger partial charge in [0.1, 0.15) is 0 Å². The Balaban J connectivity index is 1.37. The zero-order valence-corrected chi connectivity index (χ0v) is 16.2. The number of hydrogen-bond acceptors (Lipinski definition) is 3. The highest BCUT2D eigenvalue weighted by atomic mass is 16.2. The van der Waals surface area contributed by atoms with Crippen LogP contribution < -0.4 is 5.32 Å². The molecule has 2 aliphatic carbocycles. The molecule has 1 amide bonds. The number of hydrogen-bond donors (Lipinski definition) is 1. The lowest BCUT2D eigenvalue weighted by molar-refractivity contribution is -0.131. The summed E-state index contributed by atoms with van der Waals surface area (Å²) in [5, 5.41) is 2.79. The number of allylic oxidation sites excluding steroid dienone is 1. The van der Waals surface area contributed by atoms with Crippen LogP contribution in [0.3, 0.4) is 0 Å². The molecule has 5 nitrogen and oxygen atoms in total. The molecule has 146 valence electrons. The highest BCUT2D eigenvalue weighted by Crippen LogP contribution is 2.32. The molecule has 0 unspecified atom stereocenters. The number of imidazole rings is 1. The van der Waals surface area contributed by atoms with Crippen LogP contribution in [-0.2, 0) is 16.0 Å². The molecular formula is C24H23N3O2. The number of Topliss-reactive ketones (excluding diaryl/α,β-unsaturated/α-hetero) is 1. The lowest BCUT2D eigenvalue weighted by Crippen LogP contribution is -2.23. The van der Waals surface area contributed by atoms with E-state index in [9.17, 15) is 9.59 Å². The van der Waals surface area contributed by atoms with Gasteiger partial charge in [-0.25, -0.2) is 4.98 Å². The van der Waals surface area contributed by atoms with Gasteiger partial charge in [-0.15, -0.1) is 0 Å². The molecule has 1 aromatic heterocycles. The van der Waals surface area contributed by atoms with Crippen LogP contribution in [0.25, 0.3) is 16.6 Å². The summed E-state index contributed by atoms with van der Waals surface area (Å²) in [5.41, 5.74) is 4.98. The molecule has 0 radical (unpaired) electrons. The molecule has 2 aromatic carbocycles. The van der Waals surface area contributed by atoms with E-state index in [2.05, 4.69) is 14.9 Å². The van der Waals surface area contributed by atoms with E-state index in [1.807, 2.05) is 54.9 Å². The normalized spacial score (nSPS) is 16.5. The zero-order valence-electron chi connectivity index (χ0n) is 16.2. The molecular weight excluding hydrogens is 362 g/mol. The number of rotatable bonds is 4. The van der Waals surface area contributed by atoms with Crippen LogP contribution in [0.1, 0.15) is 49.3 Å². The van der Waals surface area contributed by atoms with Gasteiger partial charge in [0.05, 0.1) is 17.4 Å². The molecule has 1 N–H and O–H groups in total. The van der Waals surface area contributed by atoms with Crippen molar-refractivity contribution in [2.45, 2.75) is 44.6 Å². The number of nitrogens with zero attached hydrogens (tertiary/aromatic N) is 2. The smallest absolute Gasteiger partial charge is 0.296 e. The van der Waals surface area contributed by atoms with Gasteiger partial charge in [0.15, 0.2) is 0 Å². The number of fused-ring (bicyclic) bond motifs is 2. The minimum Gasteiger partial charge on any atom is -0.327 e. The number of anilines is 1. The van der Waals surface area contributed by atoms with Gasteiger partial charge < -0.3 is 9.88 Å². The molecule has 3 aromatic rings. The van der Waals surface area contributed by atoms with Gasteiger partial charge in [-0.1, -0.05) is 49.6 Å². The van der Waals surface area contributed by atoms with Gasteiger partial charge in [0, 0.05) is 17.3 Å². The standard InChI is InChI=1S/C24H23N3O2/c28-23(20-12-10-16-6-4-5-9-19(16)20)24(29)26-17-11-13-21-22(14-17)27(15-25-21)18-7-2-1-3-8-18/h4-6,9,11-15,18H,1-3,7-8,10H2,(H,26,29). The number of carbonyl (C=O) groups is 2. The van der Waals surface area contributed by atoms with Crippen molar-refractivity contribution in [2.75, 3.05) is 5.32 Å². The summed E-state index contributed by atoms with van der Waals surface area (Å²) in [6.45, 7) is 0. The SMILES string of the molecule is O=C(Nc1ccc2ncn(C3CCCCC3)c2c1)C(=O)C1=CCc2ccccc21. The molecule has 29 heavy (non-hydrogen) atoms. The van der Waals surface area contributed by atoms with E-state index in [1.54, 1.807) is 0 Å². The van der Waals surface area contributed by atoms with E-state index >= 15 is 0 Å². The average Bonchev–Trinajstić information content (AvgIpc) is 3.38. The third-order valence-electron chi connectivity index (χ3n) is 6.09. The van der Waals surface area contributed by atoms with Crippen LogP contribution in [0, 0.1) is 0 Å². The quantitative estimate of drug-likeness (QED) is 0.663. The van der Waals surface area contributed by atoms with Gasteiger partial charge in [0.25, 0.3) is 11.7 Å². The highest BCUT2D eigenvalue weighted by molar-refractivity contribution is 6.56. The van der Waals surface area contributed by atoms with Crippen LogP contribution in [-0.4, -0.2) is 21.2 Å². The second kappa shape index (κ2) is 7.32. The first-order chi connectivity index (χ1) is 14.2. The van der Waals surface area contributed by atoms with Crippen molar-refractivity contribution in [3.05, 3.63) is 66.0 Å². The van der Waals surface area contributed by atoms with Crippen molar-refractivity contribution in [1.29, 1.82) is 0 Å². The number of aromatic nitrogens is 2. The Morgan fingerprint density at radius 1 is 1.03 bits per heavy atom. The Morgan fingerprint density at radius 2 is 1.86 bits per heavy atom. The topological polar surface area (TPSA) is 64.0 Å². The predicted octanol–water partition coefficient (Wildman–Crippen LogP) is 4.69. The van der Waals surface area contributed by atoms with Crippen LogP contribution >= 0.6 is 0 Å². The maximum atomic E-state index is 12.7. The Morgan fingerprint density at radius 3 is 2.72 bits per heavy atom. The summed E-state index contributed by atoms with van der Waals surface area (Å²) in [4.78, 5) is 29.9. The van der Waals surface area contributed by atoms with E-state index in [-0.39, 0.29) is 0 Å². The van der Waals surface area contributed by atoms with Gasteiger partial charge in [-0.2, -0.15) is 0 Å². The van der Waals surface area contributed by atoms with E-state index < -0.39 is 11.7 Å². The number of ketones is 1. The molecule has 1 heterocycles. The highest BCUT2D eigenvalue weighted by Gasteiger charge is 2.25. The maximum absolute atomic E-state index is 12.7. The Hall–Kier alpha value is -3.21. The van der Waals surface area contributed by atoms with Crippen molar-refractivity contribution in [1.82, 2.24) is 9.55 Å². The number of benzene rings is 2. The summed E-state index contributed by atoms with van der Waals surface area (Å²) in [6, 6.07) is 13.8. The van der Waals surface area contributed by atoms with Crippen molar-refractivity contribution in [3.63, 3.8) is 0 Å². The van der Waals surface area contributed by atoms with Crippen molar-refractivity contribution in [3.8, 4) is 0 Å². The van der Waals surface area contributed by atoms with Gasteiger partial charge in [-0.05, 0) is 48.6 Å². The summed E-state index contributed by atoms with van der Waals surface area (Å²) in [7, 11) is 0. The van der Waals surface area contributed by atoms with E-state index in [0.29, 0.717) is 23.7 Å². The van der Waals surface area contributed by atoms with E-state index in [4.69, 9.17) is 0 Å². The molecule has 1 fully saturated rings. The third kappa shape index (κ3) is 3.27. The van der Waals surface area contributed by atoms with Crippen molar-refractivity contribution in [2.24, 2.45) is 0 Å². The molecule has 0 saturated heterocycles. The Bertz CT molecular complexity index is 1140. The summed E-state index contributed by atoms with van der Waals surface area (Å²) in [6.07, 6.45) is 10.5. The fourth-order valence-corrected chi connectivity index (χ4v) is 4.56. The summed E-state index contributed by atoms with van der Waals surface area (Å²) in [5.74, 6) is -1.09. The maximum Gasteiger partial charge on any atom is 0.296 e. The Labute approximate surface area is 169 Å². The first-order valence-corrected chi connectivity index (χ1v) is 10.3. The average molecular weight is 385 g/mol. The Kier molecular flexibility index (Phi) is 4.51. The summed E-state index contributed by atoms with van der Waals surface area (Å²) < 4.78 is 2.22. The molecule has 0 bridgehead atoms. The fraction of sp³-hybridized carbons (Fsp3) is 0.292. The van der Waals surface area contributed by atoms with Gasteiger partial charge in [-0.3, -0.25) is 9.59 Å². The monoisotopic (exact) mass is 385 g/mol. The fourth-order valence-electron chi connectivity index (χ4n) is 4.56. The van der Waals surface area contributed by atoms with Crippen molar-refractivity contribution >= 4 is 34.0 Å².